The molecule has 1 heterocycles. The van der Waals surface area contributed by atoms with Gasteiger partial charge < -0.3 is 24.4 Å². The first-order valence-electron chi connectivity index (χ1n) is 11.0. The number of aliphatic hydroxyl groups is 1. The summed E-state index contributed by atoms with van der Waals surface area (Å²) in [6.07, 6.45) is 0. The smallest absolute Gasteiger partial charge is 0.295 e. The van der Waals surface area contributed by atoms with Crippen LogP contribution in [0.5, 0.6) is 11.5 Å². The first-order valence-corrected chi connectivity index (χ1v) is 11.7. The van der Waals surface area contributed by atoms with Crippen LogP contribution in [0.25, 0.3) is 5.76 Å². The van der Waals surface area contributed by atoms with Gasteiger partial charge in [-0.1, -0.05) is 55.2 Å². The van der Waals surface area contributed by atoms with Crippen molar-refractivity contribution in [1.82, 2.24) is 9.80 Å². The summed E-state index contributed by atoms with van der Waals surface area (Å²) in [5, 5.41) is 11.6. The second-order valence-electron chi connectivity index (χ2n) is 7.73. The molecule has 7 nitrogen and oxygen atoms in total. The fourth-order valence-electron chi connectivity index (χ4n) is 4.16. The van der Waals surface area contributed by atoms with Crippen LogP contribution in [0, 0.1) is 0 Å². The number of benzene rings is 2. The van der Waals surface area contributed by atoms with Crippen molar-refractivity contribution in [2.75, 3.05) is 40.4 Å². The van der Waals surface area contributed by atoms with Crippen LogP contribution in [0.1, 0.15) is 31.0 Å². The van der Waals surface area contributed by atoms with Crippen molar-refractivity contribution in [3.05, 3.63) is 63.1 Å². The molecule has 1 aliphatic rings. The van der Waals surface area contributed by atoms with Crippen molar-refractivity contribution in [3.8, 4) is 11.5 Å². The Morgan fingerprint density at radius 1 is 1.06 bits per heavy atom. The van der Waals surface area contributed by atoms with Gasteiger partial charge in [-0.2, -0.15) is 0 Å². The van der Waals surface area contributed by atoms with Gasteiger partial charge >= 0.3 is 0 Å². The minimum Gasteiger partial charge on any atom is -0.507 e. The Morgan fingerprint density at radius 2 is 1.68 bits per heavy atom. The Labute approximate surface area is 209 Å². The number of ether oxygens (including phenoxy) is 2. The minimum atomic E-state index is -0.841. The highest BCUT2D eigenvalue weighted by atomic mass is 35.5. The third kappa shape index (κ3) is 4.87. The molecule has 0 saturated carbocycles. The normalized spacial score (nSPS) is 17.5. The number of methoxy groups -OCH3 is 2. The molecule has 9 heteroatoms. The quantitative estimate of drug-likeness (QED) is 0.299. The first-order chi connectivity index (χ1) is 16.3. The van der Waals surface area contributed by atoms with Gasteiger partial charge in [-0.25, -0.2) is 0 Å². The molecule has 182 valence electrons. The van der Waals surface area contributed by atoms with Crippen LogP contribution in [0.15, 0.2) is 42.0 Å². The lowest BCUT2D eigenvalue weighted by atomic mass is 9.94. The van der Waals surface area contributed by atoms with Crippen LogP contribution < -0.4 is 9.47 Å². The molecule has 1 saturated heterocycles. The zero-order valence-corrected chi connectivity index (χ0v) is 21.1. The number of Topliss-reactive ketones (excluding diaryl/α,β-unsaturated/α-hetero) is 1. The van der Waals surface area contributed by atoms with Crippen molar-refractivity contribution in [2.45, 2.75) is 19.9 Å². The number of carbonyl (C=O) groups excluding carboxylic acids is 2. The molecule has 0 bridgehead atoms. The molecule has 2 aromatic rings. The maximum Gasteiger partial charge on any atom is 0.295 e. The van der Waals surface area contributed by atoms with E-state index in [-0.39, 0.29) is 32.7 Å². The Kier molecular flexibility index (Phi) is 8.47. The van der Waals surface area contributed by atoms with Gasteiger partial charge in [0, 0.05) is 24.2 Å². The second-order valence-corrected chi connectivity index (χ2v) is 8.55. The monoisotopic (exact) mass is 506 g/mol. The number of carbonyl (C=O) groups is 2. The number of nitrogens with zero attached hydrogens (tertiary/aromatic N) is 2. The molecule has 1 fully saturated rings. The molecule has 0 spiro atoms. The fraction of sp³-hybridized carbons (Fsp3) is 0.360. The number of ketones is 1. The molecule has 0 radical (unpaired) electrons. The Morgan fingerprint density at radius 3 is 2.24 bits per heavy atom. The number of halogens is 2. The molecule has 1 unspecified atom stereocenters. The van der Waals surface area contributed by atoms with Gasteiger partial charge in [0.2, 0.25) is 0 Å². The van der Waals surface area contributed by atoms with E-state index < -0.39 is 17.7 Å². The number of amides is 1. The summed E-state index contributed by atoms with van der Waals surface area (Å²) in [7, 11) is 2.94. The van der Waals surface area contributed by atoms with Crippen molar-refractivity contribution in [1.29, 1.82) is 0 Å². The highest BCUT2D eigenvalue weighted by Crippen LogP contribution is 2.44. The lowest BCUT2D eigenvalue weighted by Crippen LogP contribution is -2.38. The maximum absolute atomic E-state index is 13.2. The topological polar surface area (TPSA) is 79.3 Å². The van der Waals surface area contributed by atoms with E-state index in [1.807, 2.05) is 13.8 Å². The zero-order chi connectivity index (χ0) is 25.0. The number of hydrogen-bond acceptors (Lipinski definition) is 6. The number of aliphatic hydroxyl groups excluding tert-OH is 1. The van der Waals surface area contributed by atoms with E-state index in [9.17, 15) is 14.7 Å². The van der Waals surface area contributed by atoms with Gasteiger partial charge in [-0.05, 0) is 31.3 Å². The summed E-state index contributed by atoms with van der Waals surface area (Å²) < 4.78 is 10.7. The van der Waals surface area contributed by atoms with Crippen LogP contribution in [0.4, 0.5) is 0 Å². The Bertz CT molecular complexity index is 1090. The van der Waals surface area contributed by atoms with E-state index in [1.54, 1.807) is 24.3 Å². The maximum atomic E-state index is 13.2. The van der Waals surface area contributed by atoms with Crippen LogP contribution >= 0.6 is 23.2 Å². The van der Waals surface area contributed by atoms with Crippen molar-refractivity contribution in [2.24, 2.45) is 0 Å². The van der Waals surface area contributed by atoms with Crippen molar-refractivity contribution in [3.63, 3.8) is 0 Å². The van der Waals surface area contributed by atoms with Crippen molar-refractivity contribution < 1.29 is 24.2 Å². The average molecular weight is 507 g/mol. The summed E-state index contributed by atoms with van der Waals surface area (Å²) in [5.74, 6) is -1.09. The van der Waals surface area contributed by atoms with E-state index in [0.717, 1.165) is 13.1 Å². The molecule has 34 heavy (non-hydrogen) atoms. The van der Waals surface area contributed by atoms with Gasteiger partial charge in [-0.15, -0.1) is 0 Å². The first kappa shape index (κ1) is 25.9. The number of hydrogen-bond donors (Lipinski definition) is 1. The summed E-state index contributed by atoms with van der Waals surface area (Å²) in [4.78, 5) is 30.0. The molecule has 1 atom stereocenters. The molecule has 3 rings (SSSR count). The SMILES string of the molecule is CCN(CC)CCN1C(=O)C(=O)/C(=C(/O)c2cc(Cl)c(OC)c(Cl)c2)C1c1ccccc1OC. The molecule has 1 N–H and O–H groups in total. The second kappa shape index (κ2) is 11.1. The van der Waals surface area contributed by atoms with E-state index in [1.165, 1.54) is 31.3 Å². The lowest BCUT2D eigenvalue weighted by Gasteiger charge is -2.29. The van der Waals surface area contributed by atoms with Gasteiger partial charge in [0.15, 0.2) is 5.75 Å². The third-order valence-corrected chi connectivity index (χ3v) is 6.56. The van der Waals surface area contributed by atoms with Gasteiger partial charge in [0.25, 0.3) is 11.7 Å². The van der Waals surface area contributed by atoms with E-state index in [2.05, 4.69) is 4.90 Å². The molecule has 1 aliphatic heterocycles. The number of rotatable bonds is 9. The number of para-hydroxylation sites is 1. The summed E-state index contributed by atoms with van der Waals surface area (Å²) in [6, 6.07) is 9.18. The highest BCUT2D eigenvalue weighted by molar-refractivity contribution is 6.46. The zero-order valence-electron chi connectivity index (χ0n) is 19.6. The van der Waals surface area contributed by atoms with Crippen LogP contribution in [-0.2, 0) is 9.59 Å². The number of likely N-dealkylation sites (tertiary alicyclic amines) is 1. The molecule has 2 aromatic carbocycles. The summed E-state index contributed by atoms with van der Waals surface area (Å²) in [6.45, 7) is 6.56. The Balaban J connectivity index is 2.19. The Hall–Kier alpha value is -2.74. The molecule has 1 amide bonds. The largest absolute Gasteiger partial charge is 0.507 e. The van der Waals surface area contributed by atoms with Gasteiger partial charge in [0.1, 0.15) is 11.5 Å². The number of likely N-dealkylation sites (N-methyl/N-ethyl adjacent to an activating group) is 1. The fourth-order valence-corrected chi connectivity index (χ4v) is 4.80. The highest BCUT2D eigenvalue weighted by Gasteiger charge is 2.47. The van der Waals surface area contributed by atoms with E-state index in [4.69, 9.17) is 32.7 Å². The summed E-state index contributed by atoms with van der Waals surface area (Å²) in [5.41, 5.74) is 0.750. The van der Waals surface area contributed by atoms with E-state index >= 15 is 0 Å². The standard InChI is InChI=1S/C25H28Cl2N2O5/c1-5-28(6-2)11-12-29-21(16-9-7-8-10-19(16)33-3)20(23(31)25(29)32)22(30)15-13-17(26)24(34-4)18(27)14-15/h7-10,13-14,21,30H,5-6,11-12H2,1-4H3/b22-20+. The predicted molar refractivity (Wildman–Crippen MR) is 133 cm³/mol. The van der Waals surface area contributed by atoms with Crippen LogP contribution in [-0.4, -0.2) is 67.0 Å². The predicted octanol–water partition coefficient (Wildman–Crippen LogP) is 4.77. The molecular weight excluding hydrogens is 479 g/mol. The van der Waals surface area contributed by atoms with Crippen molar-refractivity contribution >= 4 is 40.7 Å². The van der Waals surface area contributed by atoms with E-state index in [0.29, 0.717) is 24.4 Å². The van der Waals surface area contributed by atoms with Gasteiger partial charge in [-0.3, -0.25) is 9.59 Å². The molecule has 0 aromatic heterocycles. The lowest BCUT2D eigenvalue weighted by molar-refractivity contribution is -0.140. The molecule has 0 aliphatic carbocycles. The van der Waals surface area contributed by atoms with Gasteiger partial charge in [0.05, 0.1) is 35.9 Å². The van der Waals surface area contributed by atoms with Crippen LogP contribution in [0.2, 0.25) is 10.0 Å². The third-order valence-electron chi connectivity index (χ3n) is 6.00. The average Bonchev–Trinajstić information content (AvgIpc) is 3.08. The van der Waals surface area contributed by atoms with Crippen LogP contribution in [0.3, 0.4) is 0 Å². The summed E-state index contributed by atoms with van der Waals surface area (Å²) >= 11 is 12.5. The molecular formula is C25H28Cl2N2O5. The minimum absolute atomic E-state index is 0.0497.